The van der Waals surface area contributed by atoms with E-state index in [1.54, 1.807) is 0 Å². The standard InChI is InChI=1S/C17H27Cl2N5O6/c18-10-2-1-3-11(19)9(10)8-14(26)23-16(21)24-17(29)30-7-5-12(15(27)28)22-13(25)4-6-20/h9-12H,1-8,20H2,(H,22,25)(H,27,28)(H3,21,23,24,26,29). The third kappa shape index (κ3) is 9.59. The molecule has 11 nitrogen and oxygen atoms in total. The van der Waals surface area contributed by atoms with Crippen molar-refractivity contribution < 1.29 is 29.0 Å². The number of carbonyl (C=O) groups is 4. The van der Waals surface area contributed by atoms with Crippen LogP contribution in [-0.2, 0) is 19.1 Å². The number of carboxylic acids is 1. The molecule has 30 heavy (non-hydrogen) atoms. The molecule has 1 aliphatic carbocycles. The van der Waals surface area contributed by atoms with Gasteiger partial charge in [0.25, 0.3) is 0 Å². The topological polar surface area (TPSA) is 186 Å². The first-order valence-electron chi connectivity index (χ1n) is 9.45. The van der Waals surface area contributed by atoms with Crippen molar-refractivity contribution in [3.8, 4) is 0 Å². The average Bonchev–Trinajstić information content (AvgIpc) is 2.64. The number of nitrogens with two attached hydrogens (primary N) is 2. The van der Waals surface area contributed by atoms with Gasteiger partial charge in [-0.15, -0.1) is 28.2 Å². The van der Waals surface area contributed by atoms with E-state index in [0.717, 1.165) is 19.3 Å². The lowest BCUT2D eigenvalue weighted by Gasteiger charge is -2.30. The molecule has 0 aliphatic heterocycles. The van der Waals surface area contributed by atoms with Crippen LogP contribution in [0.3, 0.4) is 0 Å². The number of nitrogens with zero attached hydrogens (tertiary/aromatic N) is 1. The van der Waals surface area contributed by atoms with E-state index in [0.29, 0.717) is 0 Å². The fraction of sp³-hybridized carbons (Fsp3) is 0.706. The van der Waals surface area contributed by atoms with Crippen molar-refractivity contribution >= 4 is 53.0 Å². The fourth-order valence-corrected chi connectivity index (χ4v) is 3.82. The quantitative estimate of drug-likeness (QED) is 0.181. The summed E-state index contributed by atoms with van der Waals surface area (Å²) in [7, 11) is 0. The first-order chi connectivity index (χ1) is 14.1. The number of hydrogen-bond donors (Lipinski definition) is 5. The minimum absolute atomic E-state index is 0.0279. The number of hydrogen-bond acceptors (Lipinski definition) is 6. The smallest absolute Gasteiger partial charge is 0.436 e. The molecule has 0 bridgehead atoms. The first kappa shape index (κ1) is 25.9. The van der Waals surface area contributed by atoms with Crippen molar-refractivity contribution in [2.75, 3.05) is 13.2 Å². The number of aliphatic carboxylic acids is 1. The maximum absolute atomic E-state index is 12.1. The Kier molecular flexibility index (Phi) is 11.4. The molecule has 3 amide bonds. The van der Waals surface area contributed by atoms with Gasteiger partial charge in [0.1, 0.15) is 6.04 Å². The number of ether oxygens (including phenoxy) is 1. The second-order valence-electron chi connectivity index (χ2n) is 6.78. The number of rotatable bonds is 9. The molecule has 0 radical (unpaired) electrons. The highest BCUT2D eigenvalue weighted by Crippen LogP contribution is 2.34. The Hall–Kier alpha value is -2.11. The Morgan fingerprint density at radius 3 is 2.37 bits per heavy atom. The van der Waals surface area contributed by atoms with E-state index in [1.807, 2.05) is 0 Å². The van der Waals surface area contributed by atoms with Gasteiger partial charge in [-0.3, -0.25) is 14.9 Å². The molecule has 0 aromatic carbocycles. The summed E-state index contributed by atoms with van der Waals surface area (Å²) in [6.45, 7) is -0.266. The summed E-state index contributed by atoms with van der Waals surface area (Å²) >= 11 is 12.4. The SMILES string of the molecule is NCCC(=O)NC(CCOC(=O)N=C(N)NC(=O)CC1C(Cl)CCCC1Cl)C(=O)O. The van der Waals surface area contributed by atoms with E-state index in [2.05, 4.69) is 15.6 Å². The van der Waals surface area contributed by atoms with Crippen LogP contribution in [0.25, 0.3) is 0 Å². The van der Waals surface area contributed by atoms with Gasteiger partial charge < -0.3 is 26.6 Å². The molecular formula is C17H27Cl2N5O6. The van der Waals surface area contributed by atoms with Gasteiger partial charge >= 0.3 is 12.1 Å². The predicted octanol–water partition coefficient (Wildman–Crippen LogP) is 0.267. The minimum Gasteiger partial charge on any atom is -0.480 e. The molecular weight excluding hydrogens is 441 g/mol. The van der Waals surface area contributed by atoms with E-state index in [-0.39, 0.29) is 49.1 Å². The lowest BCUT2D eigenvalue weighted by Crippen LogP contribution is -2.42. The summed E-state index contributed by atoms with van der Waals surface area (Å²) in [6.07, 6.45) is 1.14. The van der Waals surface area contributed by atoms with Crippen LogP contribution in [-0.4, -0.2) is 64.9 Å². The van der Waals surface area contributed by atoms with Crippen LogP contribution in [0.4, 0.5) is 4.79 Å². The zero-order valence-corrected chi connectivity index (χ0v) is 17.8. The first-order valence-corrected chi connectivity index (χ1v) is 10.3. The minimum atomic E-state index is -1.29. The van der Waals surface area contributed by atoms with Crippen molar-refractivity contribution in [1.29, 1.82) is 0 Å². The van der Waals surface area contributed by atoms with E-state index in [1.165, 1.54) is 0 Å². The van der Waals surface area contributed by atoms with Gasteiger partial charge in [-0.05, 0) is 12.8 Å². The zero-order chi connectivity index (χ0) is 22.7. The van der Waals surface area contributed by atoms with Crippen LogP contribution in [0.2, 0.25) is 0 Å². The van der Waals surface area contributed by atoms with Crippen LogP contribution in [0.5, 0.6) is 0 Å². The Bertz CT molecular complexity index is 653. The molecule has 1 fully saturated rings. The van der Waals surface area contributed by atoms with Crippen LogP contribution in [0.15, 0.2) is 4.99 Å². The summed E-state index contributed by atoms with van der Waals surface area (Å²) in [4.78, 5) is 49.7. The molecule has 1 aliphatic rings. The molecule has 1 saturated carbocycles. The molecule has 3 atom stereocenters. The number of halogens is 2. The molecule has 0 aromatic rings. The number of carbonyl (C=O) groups excluding carboxylic acids is 3. The summed E-state index contributed by atoms with van der Waals surface area (Å²) in [6, 6.07) is -1.25. The van der Waals surface area contributed by atoms with Crippen LogP contribution in [0, 0.1) is 5.92 Å². The van der Waals surface area contributed by atoms with Gasteiger partial charge in [0, 0.05) is 42.5 Å². The number of alkyl halides is 2. The number of carboxylic acid groups (broad SMARTS) is 1. The van der Waals surface area contributed by atoms with Gasteiger partial charge in [-0.25, -0.2) is 9.59 Å². The Morgan fingerprint density at radius 1 is 1.17 bits per heavy atom. The van der Waals surface area contributed by atoms with Crippen molar-refractivity contribution in [1.82, 2.24) is 10.6 Å². The van der Waals surface area contributed by atoms with Gasteiger partial charge in [0.05, 0.1) is 6.61 Å². The van der Waals surface area contributed by atoms with Gasteiger partial charge in [-0.1, -0.05) is 6.42 Å². The molecule has 7 N–H and O–H groups in total. The maximum atomic E-state index is 12.1. The summed E-state index contributed by atoms with van der Waals surface area (Å²) in [5.74, 6) is -2.99. The van der Waals surface area contributed by atoms with Gasteiger partial charge in [0.15, 0.2) is 0 Å². The lowest BCUT2D eigenvalue weighted by molar-refractivity contribution is -0.142. The third-order valence-corrected chi connectivity index (χ3v) is 5.51. The Balaban J connectivity index is 2.43. The Labute approximate surface area is 183 Å². The molecule has 0 saturated heterocycles. The summed E-state index contributed by atoms with van der Waals surface area (Å²) in [5, 5.41) is 13.2. The van der Waals surface area contributed by atoms with Crippen LogP contribution < -0.4 is 22.1 Å². The monoisotopic (exact) mass is 467 g/mol. The summed E-state index contributed by atoms with van der Waals surface area (Å²) in [5.41, 5.74) is 10.7. The van der Waals surface area contributed by atoms with Crippen LogP contribution >= 0.6 is 23.2 Å². The number of guanidine groups is 1. The van der Waals surface area contributed by atoms with E-state index in [9.17, 15) is 19.2 Å². The second-order valence-corrected chi connectivity index (χ2v) is 7.90. The van der Waals surface area contributed by atoms with Crippen molar-refractivity contribution in [3.63, 3.8) is 0 Å². The Morgan fingerprint density at radius 2 is 1.80 bits per heavy atom. The van der Waals surface area contributed by atoms with E-state index >= 15 is 0 Å². The fourth-order valence-electron chi connectivity index (χ4n) is 2.90. The average molecular weight is 468 g/mol. The molecule has 170 valence electrons. The van der Waals surface area contributed by atoms with Crippen molar-refractivity contribution in [2.45, 2.75) is 55.3 Å². The highest BCUT2D eigenvalue weighted by atomic mass is 35.5. The summed E-state index contributed by atoms with van der Waals surface area (Å²) < 4.78 is 4.76. The molecule has 13 heteroatoms. The predicted molar refractivity (Wildman–Crippen MR) is 110 cm³/mol. The van der Waals surface area contributed by atoms with Gasteiger partial charge in [-0.2, -0.15) is 0 Å². The third-order valence-electron chi connectivity index (χ3n) is 4.43. The number of amides is 3. The molecule has 0 spiro atoms. The molecule has 1 rings (SSSR count). The maximum Gasteiger partial charge on any atom is 0.436 e. The number of nitrogens with one attached hydrogen (secondary N) is 2. The highest BCUT2D eigenvalue weighted by Gasteiger charge is 2.32. The second kappa shape index (κ2) is 13.2. The normalized spacial score (nSPS) is 22.6. The highest BCUT2D eigenvalue weighted by molar-refractivity contribution is 6.24. The van der Waals surface area contributed by atoms with Crippen molar-refractivity contribution in [3.05, 3.63) is 0 Å². The van der Waals surface area contributed by atoms with Crippen LogP contribution in [0.1, 0.15) is 38.5 Å². The molecule has 0 aromatic heterocycles. The molecule has 3 unspecified atom stereocenters. The lowest BCUT2D eigenvalue weighted by atomic mass is 9.86. The van der Waals surface area contributed by atoms with Gasteiger partial charge in [0.2, 0.25) is 17.8 Å². The molecule has 0 heterocycles. The van der Waals surface area contributed by atoms with Crippen molar-refractivity contribution in [2.24, 2.45) is 22.4 Å². The number of aliphatic imine (C=N–C) groups is 1. The van der Waals surface area contributed by atoms with E-state index in [4.69, 9.17) is 44.5 Å². The van der Waals surface area contributed by atoms with E-state index < -0.39 is 35.9 Å². The largest absolute Gasteiger partial charge is 0.480 e. The zero-order valence-electron chi connectivity index (χ0n) is 16.3.